The summed E-state index contributed by atoms with van der Waals surface area (Å²) in [5.74, 6) is 0.206. The number of aromatic nitrogens is 1. The first-order chi connectivity index (χ1) is 13.4. The molecular weight excluding hydrogens is 418 g/mol. The van der Waals surface area contributed by atoms with Crippen molar-refractivity contribution >= 4 is 27.9 Å². The Hall–Kier alpha value is -3.04. The second-order valence-electron chi connectivity index (χ2n) is 6.53. The lowest BCUT2D eigenvalue weighted by Gasteiger charge is -2.11. The molecule has 3 aromatic rings. The van der Waals surface area contributed by atoms with E-state index in [4.69, 9.17) is 4.42 Å². The van der Waals surface area contributed by atoms with Crippen LogP contribution in [0.15, 0.2) is 57.1 Å². The van der Waals surface area contributed by atoms with Gasteiger partial charge in [-0.05, 0) is 74.4 Å². The fourth-order valence-electron chi connectivity index (χ4n) is 3.08. The van der Waals surface area contributed by atoms with Gasteiger partial charge in [0.25, 0.3) is 5.91 Å². The van der Waals surface area contributed by atoms with Gasteiger partial charge in [0.05, 0.1) is 12.8 Å². The Morgan fingerprint density at radius 2 is 2.07 bits per heavy atom. The second kappa shape index (κ2) is 8.32. The zero-order valence-corrected chi connectivity index (χ0v) is 17.5. The number of nitrogens with zero attached hydrogens (tertiary/aromatic N) is 2. The van der Waals surface area contributed by atoms with Crippen LogP contribution in [0.3, 0.4) is 0 Å². The van der Waals surface area contributed by atoms with E-state index in [1.807, 2.05) is 45.0 Å². The molecule has 0 atom stereocenters. The average Bonchev–Trinajstić information content (AvgIpc) is 3.28. The van der Waals surface area contributed by atoms with Gasteiger partial charge >= 0.3 is 0 Å². The molecule has 28 heavy (non-hydrogen) atoms. The summed E-state index contributed by atoms with van der Waals surface area (Å²) in [5, 5.41) is 12.2. The summed E-state index contributed by atoms with van der Waals surface area (Å²) in [7, 11) is 0. The first kappa shape index (κ1) is 19.7. The number of hydrogen-bond acceptors (Lipinski definition) is 3. The number of nitrogens with one attached hydrogen (secondary N) is 1. The molecule has 1 amide bonds. The fraction of sp³-hybridized carbons (Fsp3) is 0.182. The van der Waals surface area contributed by atoms with Crippen LogP contribution in [-0.4, -0.2) is 10.5 Å². The van der Waals surface area contributed by atoms with Gasteiger partial charge < -0.3 is 14.3 Å². The molecule has 0 saturated carbocycles. The molecule has 0 aliphatic rings. The maximum atomic E-state index is 12.4. The van der Waals surface area contributed by atoms with E-state index in [2.05, 4.69) is 31.9 Å². The number of rotatable bonds is 5. The van der Waals surface area contributed by atoms with Gasteiger partial charge in [0.15, 0.2) is 0 Å². The molecule has 0 spiro atoms. The van der Waals surface area contributed by atoms with E-state index in [0.29, 0.717) is 5.76 Å². The number of carbonyl (C=O) groups excluding carboxylic acids is 1. The van der Waals surface area contributed by atoms with Crippen LogP contribution in [0, 0.1) is 32.1 Å². The third kappa shape index (κ3) is 4.10. The van der Waals surface area contributed by atoms with E-state index >= 15 is 0 Å². The number of amides is 1. The first-order valence-electron chi connectivity index (χ1n) is 8.78. The van der Waals surface area contributed by atoms with E-state index < -0.39 is 5.91 Å². The lowest BCUT2D eigenvalue weighted by atomic mass is 10.1. The minimum atomic E-state index is -0.428. The molecule has 0 unspecified atom stereocenters. The van der Waals surface area contributed by atoms with Crippen LogP contribution in [0.25, 0.3) is 11.8 Å². The Morgan fingerprint density at radius 3 is 2.71 bits per heavy atom. The molecular formula is C22H20BrN3O2. The summed E-state index contributed by atoms with van der Waals surface area (Å²) in [5.41, 5.74) is 5.05. The number of hydrogen-bond donors (Lipinski definition) is 1. The van der Waals surface area contributed by atoms with Crippen molar-refractivity contribution in [2.45, 2.75) is 27.3 Å². The largest absolute Gasteiger partial charge is 0.467 e. The van der Waals surface area contributed by atoms with E-state index in [0.717, 1.165) is 32.7 Å². The van der Waals surface area contributed by atoms with Crippen molar-refractivity contribution in [2.75, 3.05) is 0 Å². The highest BCUT2D eigenvalue weighted by atomic mass is 79.9. The minimum absolute atomic E-state index is 0.0544. The van der Waals surface area contributed by atoms with Gasteiger partial charge in [0.1, 0.15) is 17.4 Å². The smallest absolute Gasteiger partial charge is 0.262 e. The van der Waals surface area contributed by atoms with Crippen LogP contribution in [0.5, 0.6) is 0 Å². The van der Waals surface area contributed by atoms with Crippen molar-refractivity contribution in [2.24, 2.45) is 0 Å². The van der Waals surface area contributed by atoms with Gasteiger partial charge in [-0.25, -0.2) is 0 Å². The van der Waals surface area contributed by atoms with Crippen LogP contribution in [0.4, 0.5) is 0 Å². The number of aryl methyl sites for hydroxylation is 2. The highest BCUT2D eigenvalue weighted by Crippen LogP contribution is 2.26. The second-order valence-corrected chi connectivity index (χ2v) is 7.38. The Balaban J connectivity index is 1.89. The quantitative estimate of drug-likeness (QED) is 0.451. The average molecular weight is 438 g/mol. The highest BCUT2D eigenvalue weighted by Gasteiger charge is 2.14. The summed E-state index contributed by atoms with van der Waals surface area (Å²) >= 11 is 3.53. The van der Waals surface area contributed by atoms with Crippen LogP contribution >= 0.6 is 15.9 Å². The van der Waals surface area contributed by atoms with Gasteiger partial charge in [-0.3, -0.25) is 4.79 Å². The van der Waals surface area contributed by atoms with E-state index in [1.165, 1.54) is 0 Å². The summed E-state index contributed by atoms with van der Waals surface area (Å²) in [6.07, 6.45) is 3.17. The summed E-state index contributed by atoms with van der Waals surface area (Å²) < 4.78 is 8.36. The monoisotopic (exact) mass is 437 g/mol. The van der Waals surface area contributed by atoms with Crippen molar-refractivity contribution in [3.05, 3.63) is 81.0 Å². The lowest BCUT2D eigenvalue weighted by Crippen LogP contribution is -2.23. The van der Waals surface area contributed by atoms with Crippen LogP contribution in [-0.2, 0) is 11.3 Å². The lowest BCUT2D eigenvalue weighted by molar-refractivity contribution is -0.117. The molecule has 0 radical (unpaired) electrons. The zero-order valence-electron chi connectivity index (χ0n) is 15.9. The molecule has 0 aliphatic carbocycles. The SMILES string of the molecule is Cc1cc(-n2c(C)cc(/C=C(\C#N)C(=O)NCc3ccco3)c2C)ccc1Br. The van der Waals surface area contributed by atoms with Crippen LogP contribution in [0.1, 0.15) is 28.3 Å². The van der Waals surface area contributed by atoms with Crippen molar-refractivity contribution in [1.29, 1.82) is 5.26 Å². The summed E-state index contributed by atoms with van der Waals surface area (Å²) in [6, 6.07) is 13.6. The van der Waals surface area contributed by atoms with Gasteiger partial charge in [-0.15, -0.1) is 0 Å². The predicted molar refractivity (Wildman–Crippen MR) is 112 cm³/mol. The van der Waals surface area contributed by atoms with Gasteiger partial charge in [-0.2, -0.15) is 5.26 Å². The fourth-order valence-corrected chi connectivity index (χ4v) is 3.33. The molecule has 5 nitrogen and oxygen atoms in total. The van der Waals surface area contributed by atoms with Gasteiger partial charge in [0.2, 0.25) is 0 Å². The molecule has 0 bridgehead atoms. The number of carbonyl (C=O) groups is 1. The standard InChI is InChI=1S/C22H20BrN3O2/c1-14-9-19(6-7-21(14)23)26-15(2)10-17(16(26)3)11-18(12-24)22(27)25-13-20-5-4-8-28-20/h4-11H,13H2,1-3H3,(H,25,27)/b18-11+. The normalized spacial score (nSPS) is 11.3. The van der Waals surface area contributed by atoms with Crippen LogP contribution < -0.4 is 5.32 Å². The highest BCUT2D eigenvalue weighted by molar-refractivity contribution is 9.10. The maximum Gasteiger partial charge on any atom is 0.262 e. The molecule has 0 aliphatic heterocycles. The van der Waals surface area contributed by atoms with Crippen molar-refractivity contribution in [3.63, 3.8) is 0 Å². The predicted octanol–water partition coefficient (Wildman–Crippen LogP) is 4.98. The Kier molecular flexibility index (Phi) is 5.86. The number of benzene rings is 1. The molecule has 1 N–H and O–H groups in total. The van der Waals surface area contributed by atoms with Crippen molar-refractivity contribution < 1.29 is 9.21 Å². The van der Waals surface area contributed by atoms with Crippen molar-refractivity contribution in [1.82, 2.24) is 9.88 Å². The van der Waals surface area contributed by atoms with E-state index in [1.54, 1.807) is 24.5 Å². The molecule has 3 rings (SSSR count). The molecule has 1 aromatic carbocycles. The summed E-state index contributed by atoms with van der Waals surface area (Å²) in [4.78, 5) is 12.4. The van der Waals surface area contributed by atoms with E-state index in [9.17, 15) is 10.1 Å². The van der Waals surface area contributed by atoms with E-state index in [-0.39, 0.29) is 12.1 Å². The summed E-state index contributed by atoms with van der Waals surface area (Å²) in [6.45, 7) is 6.26. The Labute approximate surface area is 172 Å². The number of nitriles is 1. The third-order valence-corrected chi connectivity index (χ3v) is 5.43. The minimum Gasteiger partial charge on any atom is -0.467 e. The number of halogens is 1. The Bertz CT molecular complexity index is 1090. The molecule has 2 aromatic heterocycles. The topological polar surface area (TPSA) is 71.0 Å². The van der Waals surface area contributed by atoms with Gasteiger partial charge in [-0.1, -0.05) is 15.9 Å². The molecule has 6 heteroatoms. The molecule has 142 valence electrons. The third-order valence-electron chi connectivity index (χ3n) is 4.54. The Morgan fingerprint density at radius 1 is 1.29 bits per heavy atom. The zero-order chi connectivity index (χ0) is 20.3. The van der Waals surface area contributed by atoms with Gasteiger partial charge in [0, 0.05) is 21.5 Å². The molecule has 2 heterocycles. The number of furan rings is 1. The van der Waals surface area contributed by atoms with Crippen LogP contribution in [0.2, 0.25) is 0 Å². The van der Waals surface area contributed by atoms with Crippen molar-refractivity contribution in [3.8, 4) is 11.8 Å². The molecule has 0 saturated heterocycles. The maximum absolute atomic E-state index is 12.4. The molecule has 0 fully saturated rings. The first-order valence-corrected chi connectivity index (χ1v) is 9.58.